The lowest BCUT2D eigenvalue weighted by Crippen LogP contribution is -2.28. The van der Waals surface area contributed by atoms with Gasteiger partial charge in [0.1, 0.15) is 5.75 Å². The monoisotopic (exact) mass is 397 g/mol. The van der Waals surface area contributed by atoms with E-state index in [0.29, 0.717) is 13.0 Å². The van der Waals surface area contributed by atoms with Crippen LogP contribution in [0.25, 0.3) is 10.8 Å². The summed E-state index contributed by atoms with van der Waals surface area (Å²) in [6.07, 6.45) is 0.383. The first kappa shape index (κ1) is 17.5. The van der Waals surface area contributed by atoms with Crippen molar-refractivity contribution in [2.24, 2.45) is 0 Å². The second-order valence-electron chi connectivity index (χ2n) is 6.02. The summed E-state index contributed by atoms with van der Waals surface area (Å²) in [6, 6.07) is 20.1. The van der Waals surface area contributed by atoms with Crippen LogP contribution in [0.5, 0.6) is 5.75 Å². The Kier molecular flexibility index (Phi) is 5.39. The van der Waals surface area contributed by atoms with Crippen LogP contribution in [0.4, 0.5) is 0 Å². The molecule has 0 aliphatic carbocycles. The minimum Gasteiger partial charge on any atom is -0.496 e. The maximum absolute atomic E-state index is 12.7. The van der Waals surface area contributed by atoms with Gasteiger partial charge in [-0.3, -0.25) is 4.79 Å². The number of ether oxygens (including phenoxy) is 1. The van der Waals surface area contributed by atoms with E-state index in [9.17, 15) is 4.79 Å². The minimum absolute atomic E-state index is 0.0818. The Hall–Kier alpha value is -2.33. The molecule has 3 nitrogen and oxygen atoms in total. The molecule has 0 bridgehead atoms. The van der Waals surface area contributed by atoms with Gasteiger partial charge in [-0.05, 0) is 34.5 Å². The summed E-state index contributed by atoms with van der Waals surface area (Å²) in [6.45, 7) is 0.506. The third-order valence-corrected chi connectivity index (χ3v) is 4.79. The highest BCUT2D eigenvalue weighted by atomic mass is 79.9. The maximum Gasteiger partial charge on any atom is 0.227 e. The molecule has 0 radical (unpaired) electrons. The third-order valence-electron chi connectivity index (χ3n) is 4.30. The summed E-state index contributed by atoms with van der Waals surface area (Å²) in [5, 5.41) is 2.29. The molecule has 4 heteroatoms. The van der Waals surface area contributed by atoms with Crippen molar-refractivity contribution in [1.82, 2.24) is 4.90 Å². The van der Waals surface area contributed by atoms with E-state index in [1.165, 1.54) is 0 Å². The van der Waals surface area contributed by atoms with Gasteiger partial charge < -0.3 is 9.64 Å². The van der Waals surface area contributed by atoms with Crippen molar-refractivity contribution in [2.45, 2.75) is 13.0 Å². The van der Waals surface area contributed by atoms with Crippen LogP contribution in [0.1, 0.15) is 11.1 Å². The van der Waals surface area contributed by atoms with Crippen LogP contribution in [-0.4, -0.2) is 25.0 Å². The molecule has 0 aromatic heterocycles. The van der Waals surface area contributed by atoms with E-state index < -0.39 is 0 Å². The number of carbonyl (C=O) groups excluding carboxylic acids is 1. The van der Waals surface area contributed by atoms with Crippen LogP contribution in [0.15, 0.2) is 65.1 Å². The standard InChI is InChI=1S/C21H20BrNO2/c1-23(14-17-12-18(22)10-11-20(17)25-2)21(24)13-16-8-5-7-15-6-3-4-9-19(15)16/h3-12H,13-14H2,1-2H3. The number of carbonyl (C=O) groups is 1. The van der Waals surface area contributed by atoms with Crippen molar-refractivity contribution in [1.29, 1.82) is 0 Å². The van der Waals surface area contributed by atoms with Gasteiger partial charge in [0.05, 0.1) is 13.5 Å². The number of fused-ring (bicyclic) bond motifs is 1. The number of benzene rings is 3. The molecule has 0 N–H and O–H groups in total. The molecule has 0 unspecified atom stereocenters. The van der Waals surface area contributed by atoms with Gasteiger partial charge in [-0.1, -0.05) is 58.4 Å². The average molecular weight is 398 g/mol. The number of likely N-dealkylation sites (N-methyl/N-ethyl adjacent to an activating group) is 1. The fourth-order valence-corrected chi connectivity index (χ4v) is 3.37. The molecule has 0 heterocycles. The van der Waals surface area contributed by atoms with Crippen molar-refractivity contribution < 1.29 is 9.53 Å². The Morgan fingerprint density at radius 1 is 1.04 bits per heavy atom. The lowest BCUT2D eigenvalue weighted by Gasteiger charge is -2.19. The van der Waals surface area contributed by atoms with E-state index in [1.54, 1.807) is 12.0 Å². The van der Waals surface area contributed by atoms with Gasteiger partial charge in [0, 0.05) is 23.6 Å². The van der Waals surface area contributed by atoms with Crippen LogP contribution in [0, 0.1) is 0 Å². The molecular weight excluding hydrogens is 378 g/mol. The van der Waals surface area contributed by atoms with E-state index in [1.807, 2.05) is 49.5 Å². The van der Waals surface area contributed by atoms with E-state index in [-0.39, 0.29) is 5.91 Å². The molecule has 3 aromatic rings. The third kappa shape index (κ3) is 4.02. The molecular formula is C21H20BrNO2. The highest BCUT2D eigenvalue weighted by molar-refractivity contribution is 9.10. The molecule has 0 spiro atoms. The zero-order chi connectivity index (χ0) is 17.8. The number of halogens is 1. The zero-order valence-corrected chi connectivity index (χ0v) is 15.9. The first-order valence-electron chi connectivity index (χ1n) is 8.11. The maximum atomic E-state index is 12.7. The highest BCUT2D eigenvalue weighted by Gasteiger charge is 2.14. The van der Waals surface area contributed by atoms with Gasteiger partial charge in [0.25, 0.3) is 0 Å². The second-order valence-corrected chi connectivity index (χ2v) is 6.94. The molecule has 0 saturated heterocycles. The van der Waals surface area contributed by atoms with Gasteiger partial charge >= 0.3 is 0 Å². The number of methoxy groups -OCH3 is 1. The summed E-state index contributed by atoms with van der Waals surface area (Å²) in [5.74, 6) is 0.867. The summed E-state index contributed by atoms with van der Waals surface area (Å²) in [5.41, 5.74) is 2.03. The van der Waals surface area contributed by atoms with E-state index in [4.69, 9.17) is 4.74 Å². The first-order chi connectivity index (χ1) is 12.1. The summed E-state index contributed by atoms with van der Waals surface area (Å²) in [4.78, 5) is 14.5. The normalized spacial score (nSPS) is 10.7. The molecule has 1 amide bonds. The van der Waals surface area contributed by atoms with Crippen molar-refractivity contribution in [3.8, 4) is 5.75 Å². The Balaban J connectivity index is 1.78. The quantitative estimate of drug-likeness (QED) is 0.617. The molecule has 3 rings (SSSR count). The van der Waals surface area contributed by atoms with Gasteiger partial charge in [-0.25, -0.2) is 0 Å². The van der Waals surface area contributed by atoms with Crippen molar-refractivity contribution in [3.05, 3.63) is 76.3 Å². The second kappa shape index (κ2) is 7.70. The van der Waals surface area contributed by atoms with Crippen LogP contribution in [0.3, 0.4) is 0 Å². The highest BCUT2D eigenvalue weighted by Crippen LogP contribution is 2.25. The Morgan fingerprint density at radius 3 is 2.60 bits per heavy atom. The predicted molar refractivity (Wildman–Crippen MR) is 105 cm³/mol. The van der Waals surface area contributed by atoms with Crippen molar-refractivity contribution >= 4 is 32.6 Å². The van der Waals surface area contributed by atoms with E-state index in [0.717, 1.165) is 32.1 Å². The Labute approximate surface area is 156 Å². The van der Waals surface area contributed by atoms with Gasteiger partial charge in [-0.15, -0.1) is 0 Å². The fourth-order valence-electron chi connectivity index (χ4n) is 2.96. The van der Waals surface area contributed by atoms with Gasteiger partial charge in [0.2, 0.25) is 5.91 Å². The van der Waals surface area contributed by atoms with E-state index in [2.05, 4.69) is 34.1 Å². The number of amides is 1. The van der Waals surface area contributed by atoms with Crippen molar-refractivity contribution in [3.63, 3.8) is 0 Å². The SMILES string of the molecule is COc1ccc(Br)cc1CN(C)C(=O)Cc1cccc2ccccc12. The topological polar surface area (TPSA) is 29.5 Å². The first-order valence-corrected chi connectivity index (χ1v) is 8.91. The number of rotatable bonds is 5. The van der Waals surface area contributed by atoms with Crippen molar-refractivity contribution in [2.75, 3.05) is 14.2 Å². The van der Waals surface area contributed by atoms with Gasteiger partial charge in [0.15, 0.2) is 0 Å². The van der Waals surface area contributed by atoms with Crippen LogP contribution in [0.2, 0.25) is 0 Å². The Morgan fingerprint density at radius 2 is 1.80 bits per heavy atom. The number of hydrogen-bond donors (Lipinski definition) is 0. The predicted octanol–water partition coefficient (Wildman–Crippen LogP) is 4.81. The van der Waals surface area contributed by atoms with Crippen LogP contribution >= 0.6 is 15.9 Å². The van der Waals surface area contributed by atoms with Crippen LogP contribution in [-0.2, 0) is 17.8 Å². The smallest absolute Gasteiger partial charge is 0.227 e. The fraction of sp³-hybridized carbons (Fsp3) is 0.190. The molecule has 0 aliphatic heterocycles. The molecule has 128 valence electrons. The molecule has 0 saturated carbocycles. The lowest BCUT2D eigenvalue weighted by molar-refractivity contribution is -0.129. The molecule has 0 atom stereocenters. The molecule has 3 aromatic carbocycles. The van der Waals surface area contributed by atoms with Crippen LogP contribution < -0.4 is 4.74 Å². The molecule has 25 heavy (non-hydrogen) atoms. The van der Waals surface area contributed by atoms with E-state index >= 15 is 0 Å². The molecule has 0 fully saturated rings. The van der Waals surface area contributed by atoms with Gasteiger partial charge in [-0.2, -0.15) is 0 Å². The number of hydrogen-bond acceptors (Lipinski definition) is 2. The number of nitrogens with zero attached hydrogens (tertiary/aromatic N) is 1. The average Bonchev–Trinajstić information content (AvgIpc) is 2.62. The summed E-state index contributed by atoms with van der Waals surface area (Å²) in [7, 11) is 3.47. The Bertz CT molecular complexity index is 902. The minimum atomic E-state index is 0.0818. The summed E-state index contributed by atoms with van der Waals surface area (Å²) < 4.78 is 6.37. The molecule has 0 aliphatic rings. The lowest BCUT2D eigenvalue weighted by atomic mass is 10.0. The zero-order valence-electron chi connectivity index (χ0n) is 14.3. The summed E-state index contributed by atoms with van der Waals surface area (Å²) >= 11 is 3.47. The largest absolute Gasteiger partial charge is 0.496 e.